The van der Waals surface area contributed by atoms with Crippen LogP contribution in [-0.2, 0) is 4.79 Å². The molecule has 118 valence electrons. The van der Waals surface area contributed by atoms with Crippen molar-refractivity contribution in [2.24, 2.45) is 0 Å². The van der Waals surface area contributed by atoms with Crippen LogP contribution in [0.15, 0.2) is 29.8 Å². The van der Waals surface area contributed by atoms with Crippen LogP contribution >= 0.6 is 0 Å². The van der Waals surface area contributed by atoms with Crippen LogP contribution in [0.1, 0.15) is 68.8 Å². The summed E-state index contributed by atoms with van der Waals surface area (Å²) in [6.45, 7) is 5.99. The molecule has 0 unspecified atom stereocenters. The maximum atomic E-state index is 12.6. The second-order valence-electron chi connectivity index (χ2n) is 6.17. The number of nitrogens with one attached hydrogen (secondary N) is 1. The summed E-state index contributed by atoms with van der Waals surface area (Å²) in [5.41, 5.74) is 2.89. The Labute approximate surface area is 132 Å². The van der Waals surface area contributed by atoms with Crippen LogP contribution in [0.3, 0.4) is 0 Å². The van der Waals surface area contributed by atoms with Crippen LogP contribution < -0.4 is 5.32 Å². The Bertz CT molecular complexity index is 599. The average Bonchev–Trinajstić information content (AvgIpc) is 2.76. The van der Waals surface area contributed by atoms with Crippen molar-refractivity contribution in [1.29, 1.82) is 0 Å². The third-order valence-corrected chi connectivity index (χ3v) is 3.95. The molecule has 1 amide bonds. The zero-order valence-electron chi connectivity index (χ0n) is 13.7. The number of unbranched alkanes of at least 4 members (excludes halogenated alkanes) is 3. The van der Waals surface area contributed by atoms with E-state index in [9.17, 15) is 9.59 Å². The van der Waals surface area contributed by atoms with Gasteiger partial charge in [-0.1, -0.05) is 50.5 Å². The monoisotopic (exact) mass is 299 g/mol. The number of rotatable bonds is 7. The van der Waals surface area contributed by atoms with Gasteiger partial charge in [-0.15, -0.1) is 0 Å². The summed E-state index contributed by atoms with van der Waals surface area (Å²) in [4.78, 5) is 25.0. The smallest absolute Gasteiger partial charge is 0.255 e. The molecule has 2 rings (SSSR count). The number of hydrogen-bond donors (Lipinski definition) is 1. The molecule has 0 fully saturated rings. The normalized spacial score (nSPS) is 13.7. The van der Waals surface area contributed by atoms with E-state index in [1.807, 2.05) is 38.1 Å². The second kappa shape index (κ2) is 7.39. The summed E-state index contributed by atoms with van der Waals surface area (Å²) in [7, 11) is 0. The highest BCUT2D eigenvalue weighted by molar-refractivity contribution is 6.34. The minimum Gasteiger partial charge on any atom is -0.350 e. The lowest BCUT2D eigenvalue weighted by Gasteiger charge is -2.11. The number of carbonyl (C=O) groups is 2. The molecule has 1 aromatic rings. The molecule has 0 saturated carbocycles. The first-order valence-electron chi connectivity index (χ1n) is 8.24. The quantitative estimate of drug-likeness (QED) is 0.608. The summed E-state index contributed by atoms with van der Waals surface area (Å²) in [6.07, 6.45) is 5.31. The molecule has 0 radical (unpaired) electrons. The Morgan fingerprint density at radius 3 is 2.41 bits per heavy atom. The molecule has 0 heterocycles. The zero-order chi connectivity index (χ0) is 16.1. The van der Waals surface area contributed by atoms with Crippen molar-refractivity contribution in [2.45, 2.75) is 58.9 Å². The number of allylic oxidation sites excluding steroid dienone is 1. The first-order valence-corrected chi connectivity index (χ1v) is 8.24. The molecule has 1 N–H and O–H groups in total. The van der Waals surface area contributed by atoms with Gasteiger partial charge < -0.3 is 5.32 Å². The molecule has 3 heteroatoms. The third kappa shape index (κ3) is 3.46. The molecule has 1 aromatic carbocycles. The van der Waals surface area contributed by atoms with Crippen molar-refractivity contribution in [3.8, 4) is 0 Å². The summed E-state index contributed by atoms with van der Waals surface area (Å²) in [5.74, 6) is -0.360. The Morgan fingerprint density at radius 2 is 1.77 bits per heavy atom. The maximum absolute atomic E-state index is 12.6. The van der Waals surface area contributed by atoms with Gasteiger partial charge in [0.15, 0.2) is 5.78 Å². The van der Waals surface area contributed by atoms with Gasteiger partial charge in [0.2, 0.25) is 0 Å². The molecule has 0 aromatic heterocycles. The van der Waals surface area contributed by atoms with Gasteiger partial charge in [-0.05, 0) is 37.8 Å². The van der Waals surface area contributed by atoms with Crippen LogP contribution in [0, 0.1) is 0 Å². The molecule has 22 heavy (non-hydrogen) atoms. The predicted octanol–water partition coefficient (Wildman–Crippen LogP) is 4.13. The van der Waals surface area contributed by atoms with Crippen molar-refractivity contribution in [1.82, 2.24) is 5.32 Å². The van der Waals surface area contributed by atoms with E-state index in [1.54, 1.807) is 0 Å². The fourth-order valence-electron chi connectivity index (χ4n) is 2.91. The second-order valence-corrected chi connectivity index (χ2v) is 6.17. The van der Waals surface area contributed by atoms with E-state index >= 15 is 0 Å². The predicted molar refractivity (Wildman–Crippen MR) is 89.7 cm³/mol. The van der Waals surface area contributed by atoms with Crippen LogP contribution in [0.25, 0.3) is 5.57 Å². The van der Waals surface area contributed by atoms with Crippen LogP contribution in [0.4, 0.5) is 0 Å². The van der Waals surface area contributed by atoms with Crippen molar-refractivity contribution < 1.29 is 9.59 Å². The molecule has 0 atom stereocenters. The van der Waals surface area contributed by atoms with Gasteiger partial charge in [0.1, 0.15) is 0 Å². The van der Waals surface area contributed by atoms with E-state index in [2.05, 4.69) is 12.2 Å². The average molecular weight is 299 g/mol. The molecule has 0 bridgehead atoms. The maximum Gasteiger partial charge on any atom is 0.255 e. The lowest BCUT2D eigenvalue weighted by Crippen LogP contribution is -2.33. The fraction of sp³-hybridized carbons (Fsp3) is 0.474. The summed E-state index contributed by atoms with van der Waals surface area (Å²) in [5, 5.41) is 2.86. The van der Waals surface area contributed by atoms with E-state index < -0.39 is 0 Å². The van der Waals surface area contributed by atoms with E-state index in [4.69, 9.17) is 0 Å². The van der Waals surface area contributed by atoms with Crippen molar-refractivity contribution in [3.05, 3.63) is 41.0 Å². The molecular weight excluding hydrogens is 274 g/mol. The van der Waals surface area contributed by atoms with Gasteiger partial charge in [-0.2, -0.15) is 0 Å². The van der Waals surface area contributed by atoms with Crippen molar-refractivity contribution in [2.75, 3.05) is 0 Å². The molecule has 0 spiro atoms. The summed E-state index contributed by atoms with van der Waals surface area (Å²) < 4.78 is 0. The van der Waals surface area contributed by atoms with Gasteiger partial charge in [0.25, 0.3) is 5.91 Å². The zero-order valence-corrected chi connectivity index (χ0v) is 13.7. The molecule has 1 aliphatic carbocycles. The van der Waals surface area contributed by atoms with Crippen molar-refractivity contribution >= 4 is 17.3 Å². The van der Waals surface area contributed by atoms with Crippen molar-refractivity contribution in [3.63, 3.8) is 0 Å². The molecule has 0 saturated heterocycles. The van der Waals surface area contributed by atoms with Crippen LogP contribution in [0.2, 0.25) is 0 Å². The largest absolute Gasteiger partial charge is 0.350 e. The SMILES string of the molecule is CCCCCCC1=C(C(=O)NC(C)C)C(=O)c2ccccc21. The lowest BCUT2D eigenvalue weighted by molar-refractivity contribution is -0.117. The first-order chi connectivity index (χ1) is 10.6. The third-order valence-electron chi connectivity index (χ3n) is 3.95. The van der Waals surface area contributed by atoms with E-state index in [0.717, 1.165) is 30.4 Å². The molecular formula is C19H25NO2. The fourth-order valence-corrected chi connectivity index (χ4v) is 2.91. The number of carbonyl (C=O) groups excluding carboxylic acids is 2. The number of fused-ring (bicyclic) bond motifs is 1. The Balaban J connectivity index is 2.30. The van der Waals surface area contributed by atoms with Gasteiger partial charge in [-0.25, -0.2) is 0 Å². The number of hydrogen-bond acceptors (Lipinski definition) is 2. The van der Waals surface area contributed by atoms with Gasteiger partial charge >= 0.3 is 0 Å². The molecule has 3 nitrogen and oxygen atoms in total. The topological polar surface area (TPSA) is 46.2 Å². The minimum atomic E-state index is -0.235. The molecule has 1 aliphatic rings. The van der Waals surface area contributed by atoms with Crippen LogP contribution in [-0.4, -0.2) is 17.7 Å². The summed E-state index contributed by atoms with van der Waals surface area (Å²) >= 11 is 0. The Kier molecular flexibility index (Phi) is 5.53. The van der Waals surface area contributed by atoms with E-state index in [0.29, 0.717) is 11.1 Å². The summed E-state index contributed by atoms with van der Waals surface area (Å²) in [6, 6.07) is 7.59. The van der Waals surface area contributed by atoms with Gasteiger partial charge in [0, 0.05) is 11.6 Å². The number of amides is 1. The highest BCUT2D eigenvalue weighted by Gasteiger charge is 2.33. The number of ketones is 1. The standard InChI is InChI=1S/C19H25NO2/c1-4-5-6-7-11-15-14-10-8-9-12-16(14)18(21)17(15)19(22)20-13(2)3/h8-10,12-13H,4-7,11H2,1-3H3,(H,20,22). The lowest BCUT2D eigenvalue weighted by atomic mass is 9.98. The highest BCUT2D eigenvalue weighted by Crippen LogP contribution is 2.36. The van der Waals surface area contributed by atoms with Crippen LogP contribution in [0.5, 0.6) is 0 Å². The minimum absolute atomic E-state index is 0.0258. The molecule has 0 aliphatic heterocycles. The van der Waals surface area contributed by atoms with Gasteiger partial charge in [-0.3, -0.25) is 9.59 Å². The van der Waals surface area contributed by atoms with Gasteiger partial charge in [0.05, 0.1) is 5.57 Å². The Hall–Kier alpha value is -1.90. The number of Topliss-reactive ketones (excluding diaryl/α,β-unsaturated/α-hetero) is 1. The van der Waals surface area contributed by atoms with E-state index in [1.165, 1.54) is 12.8 Å². The van der Waals surface area contributed by atoms with E-state index in [-0.39, 0.29) is 17.7 Å². The number of benzene rings is 1. The first kappa shape index (κ1) is 16.5. The highest BCUT2D eigenvalue weighted by atomic mass is 16.2. The Morgan fingerprint density at radius 1 is 1.09 bits per heavy atom.